The zero-order valence-electron chi connectivity index (χ0n) is 15.7. The van der Waals surface area contributed by atoms with Crippen molar-refractivity contribution in [1.29, 1.82) is 0 Å². The number of aromatic nitrogens is 2. The summed E-state index contributed by atoms with van der Waals surface area (Å²) in [5.74, 6) is -0.231. The van der Waals surface area contributed by atoms with Crippen LogP contribution in [-0.2, 0) is 0 Å². The Kier molecular flexibility index (Phi) is 4.96. The Morgan fingerprint density at radius 2 is 2.00 bits per heavy atom. The molecule has 4 rings (SSSR count). The summed E-state index contributed by atoms with van der Waals surface area (Å²) in [5, 5.41) is 25.3. The van der Waals surface area contributed by atoms with Crippen molar-refractivity contribution in [3.63, 3.8) is 0 Å². The minimum absolute atomic E-state index is 0.0274. The molecule has 2 aromatic carbocycles. The second-order valence-corrected chi connectivity index (χ2v) is 7.09. The van der Waals surface area contributed by atoms with Crippen LogP contribution in [0, 0.1) is 0 Å². The molecular weight excluding hydrogens is 412 g/mol. The van der Waals surface area contributed by atoms with E-state index in [4.69, 9.17) is 16.3 Å². The van der Waals surface area contributed by atoms with Crippen LogP contribution in [0.5, 0.6) is 17.4 Å². The number of hydrogen-bond acceptors (Lipinski definition) is 7. The van der Waals surface area contributed by atoms with Crippen LogP contribution in [0.3, 0.4) is 0 Å². The number of hydrazone groups is 1. The molecule has 0 bridgehead atoms. The quantitative estimate of drug-likeness (QED) is 0.503. The summed E-state index contributed by atoms with van der Waals surface area (Å²) in [6, 6.07) is 10.9. The van der Waals surface area contributed by atoms with Gasteiger partial charge in [0.2, 0.25) is 5.88 Å². The average molecular weight is 429 g/mol. The van der Waals surface area contributed by atoms with Crippen LogP contribution in [0.2, 0.25) is 5.02 Å². The monoisotopic (exact) mass is 428 g/mol. The lowest BCUT2D eigenvalue weighted by molar-refractivity contribution is 0.372. The largest absolute Gasteiger partial charge is 0.504 e. The average Bonchev–Trinajstić information content (AvgIpc) is 3.17. The third kappa shape index (κ3) is 3.39. The number of nitrogens with one attached hydrogen (secondary N) is 2. The van der Waals surface area contributed by atoms with E-state index >= 15 is 0 Å². The van der Waals surface area contributed by atoms with Gasteiger partial charge >= 0.3 is 5.69 Å². The highest BCUT2D eigenvalue weighted by Crippen LogP contribution is 2.32. The van der Waals surface area contributed by atoms with Crippen molar-refractivity contribution >= 4 is 17.3 Å². The highest BCUT2D eigenvalue weighted by molar-refractivity contribution is 6.30. The summed E-state index contributed by atoms with van der Waals surface area (Å²) < 4.78 is 6.00. The molecule has 1 atom stereocenters. The molecule has 30 heavy (non-hydrogen) atoms. The molecule has 1 aromatic heterocycles. The van der Waals surface area contributed by atoms with E-state index in [1.54, 1.807) is 30.3 Å². The van der Waals surface area contributed by atoms with Gasteiger partial charge in [0.25, 0.3) is 5.56 Å². The minimum atomic E-state index is -0.799. The Labute approximate surface area is 174 Å². The molecule has 0 saturated heterocycles. The molecule has 0 saturated carbocycles. The molecule has 0 fully saturated rings. The van der Waals surface area contributed by atoms with Gasteiger partial charge in [0.15, 0.2) is 11.5 Å². The molecule has 0 spiro atoms. The lowest BCUT2D eigenvalue weighted by Gasteiger charge is -2.13. The number of aromatic amines is 1. The molecular formula is C20H17ClN4O5. The van der Waals surface area contributed by atoms with Crippen molar-refractivity contribution in [2.45, 2.75) is 12.5 Å². The van der Waals surface area contributed by atoms with Gasteiger partial charge < -0.3 is 20.4 Å². The van der Waals surface area contributed by atoms with Crippen molar-refractivity contribution in [2.24, 2.45) is 5.10 Å². The standard InChI is InChI=1S/C20H17ClN4O5/c1-30-16-6-5-10(7-15(16)26)13-9-14(24-23-13)17-18(27)22-20(29)25(19(17)28)12-4-2-3-11(21)8-12/h2-8,13,23,26,28H,9H2,1H3,(H,22,27,29)/t13-/m0/s1. The van der Waals surface area contributed by atoms with Crippen LogP contribution < -0.4 is 21.4 Å². The molecule has 0 unspecified atom stereocenters. The van der Waals surface area contributed by atoms with E-state index in [-0.39, 0.29) is 29.5 Å². The van der Waals surface area contributed by atoms with Crippen LogP contribution >= 0.6 is 11.6 Å². The number of benzene rings is 2. The summed E-state index contributed by atoms with van der Waals surface area (Å²) in [6.07, 6.45) is 0.246. The maximum atomic E-state index is 12.5. The van der Waals surface area contributed by atoms with E-state index in [9.17, 15) is 19.8 Å². The number of nitrogens with zero attached hydrogens (tertiary/aromatic N) is 2. The van der Waals surface area contributed by atoms with Gasteiger partial charge in [-0.25, -0.2) is 9.36 Å². The predicted octanol–water partition coefficient (Wildman–Crippen LogP) is 2.04. The molecule has 2 heterocycles. The maximum absolute atomic E-state index is 12.5. The molecule has 0 aliphatic carbocycles. The third-order valence-electron chi connectivity index (χ3n) is 4.80. The first kappa shape index (κ1) is 19.6. The van der Waals surface area contributed by atoms with E-state index < -0.39 is 17.1 Å². The Morgan fingerprint density at radius 3 is 2.70 bits per heavy atom. The normalized spacial score (nSPS) is 15.5. The van der Waals surface area contributed by atoms with Crippen LogP contribution in [0.25, 0.3) is 5.69 Å². The number of H-pyrrole nitrogens is 1. The van der Waals surface area contributed by atoms with Crippen molar-refractivity contribution in [3.05, 3.63) is 79.5 Å². The third-order valence-corrected chi connectivity index (χ3v) is 5.03. The van der Waals surface area contributed by atoms with E-state index in [2.05, 4.69) is 15.5 Å². The molecule has 1 aliphatic heterocycles. The first-order valence-corrected chi connectivity index (χ1v) is 9.30. The zero-order valence-corrected chi connectivity index (χ0v) is 16.5. The topological polar surface area (TPSA) is 129 Å². The van der Waals surface area contributed by atoms with E-state index in [0.717, 1.165) is 4.57 Å². The predicted molar refractivity (Wildman–Crippen MR) is 111 cm³/mol. The van der Waals surface area contributed by atoms with Gasteiger partial charge in [0.05, 0.1) is 24.6 Å². The Bertz CT molecular complexity index is 1280. The zero-order chi connectivity index (χ0) is 21.4. The highest BCUT2D eigenvalue weighted by atomic mass is 35.5. The van der Waals surface area contributed by atoms with E-state index in [1.807, 2.05) is 0 Å². The second-order valence-electron chi connectivity index (χ2n) is 6.65. The molecule has 1 aliphatic rings. The van der Waals surface area contributed by atoms with E-state index in [1.165, 1.54) is 19.2 Å². The molecule has 9 nitrogen and oxygen atoms in total. The van der Waals surface area contributed by atoms with Gasteiger partial charge in [-0.2, -0.15) is 5.10 Å². The van der Waals surface area contributed by atoms with Crippen LogP contribution in [-0.4, -0.2) is 32.6 Å². The summed E-state index contributed by atoms with van der Waals surface area (Å²) in [4.78, 5) is 27.0. The molecule has 0 amide bonds. The van der Waals surface area contributed by atoms with Gasteiger partial charge in [-0.3, -0.25) is 9.78 Å². The van der Waals surface area contributed by atoms with Crippen molar-refractivity contribution in [2.75, 3.05) is 7.11 Å². The lowest BCUT2D eigenvalue weighted by Crippen LogP contribution is -2.33. The Hall–Kier alpha value is -3.72. The van der Waals surface area contributed by atoms with Gasteiger partial charge in [-0.15, -0.1) is 0 Å². The molecule has 10 heteroatoms. The number of ether oxygens (including phenoxy) is 1. The van der Waals surface area contributed by atoms with Crippen molar-refractivity contribution in [3.8, 4) is 23.1 Å². The minimum Gasteiger partial charge on any atom is -0.504 e. The van der Waals surface area contributed by atoms with Crippen LogP contribution in [0.15, 0.2) is 57.2 Å². The number of hydrogen-bond donors (Lipinski definition) is 4. The van der Waals surface area contributed by atoms with Crippen molar-refractivity contribution in [1.82, 2.24) is 15.0 Å². The van der Waals surface area contributed by atoms with Gasteiger partial charge in [0, 0.05) is 11.4 Å². The first-order chi connectivity index (χ1) is 14.4. The SMILES string of the molecule is COc1ccc([C@@H]2CC(c3c(O)n(-c4cccc(Cl)c4)c(=O)[nH]c3=O)=NN2)cc1O. The second kappa shape index (κ2) is 7.60. The van der Waals surface area contributed by atoms with Crippen LogP contribution in [0.4, 0.5) is 0 Å². The molecule has 4 N–H and O–H groups in total. The number of rotatable bonds is 4. The fourth-order valence-electron chi connectivity index (χ4n) is 3.35. The molecule has 154 valence electrons. The number of phenols is 1. The molecule has 0 radical (unpaired) electrons. The smallest absolute Gasteiger partial charge is 0.335 e. The molecule has 3 aromatic rings. The van der Waals surface area contributed by atoms with Gasteiger partial charge in [0.1, 0.15) is 5.56 Å². The van der Waals surface area contributed by atoms with Gasteiger partial charge in [-0.05, 0) is 35.9 Å². The first-order valence-electron chi connectivity index (χ1n) is 8.92. The van der Waals surface area contributed by atoms with Crippen molar-refractivity contribution < 1.29 is 14.9 Å². The van der Waals surface area contributed by atoms with Crippen LogP contribution in [0.1, 0.15) is 23.6 Å². The van der Waals surface area contributed by atoms with Gasteiger partial charge in [-0.1, -0.05) is 23.7 Å². The summed E-state index contributed by atoms with van der Waals surface area (Å²) >= 11 is 5.99. The maximum Gasteiger partial charge on any atom is 0.335 e. The highest BCUT2D eigenvalue weighted by Gasteiger charge is 2.28. The Morgan fingerprint density at radius 1 is 1.20 bits per heavy atom. The summed E-state index contributed by atoms with van der Waals surface area (Å²) in [7, 11) is 1.45. The number of halogens is 1. The fourth-order valence-corrected chi connectivity index (χ4v) is 3.54. The van der Waals surface area contributed by atoms with E-state index in [0.29, 0.717) is 22.0 Å². The number of aromatic hydroxyl groups is 2. The number of phenolic OH excluding ortho intramolecular Hbond substituents is 1. The fraction of sp³-hybridized carbons (Fsp3) is 0.150. The summed E-state index contributed by atoms with van der Waals surface area (Å²) in [6.45, 7) is 0. The number of methoxy groups -OCH3 is 1. The lowest BCUT2D eigenvalue weighted by atomic mass is 9.99. The Balaban J connectivity index is 1.72. The summed E-state index contributed by atoms with van der Waals surface area (Å²) in [5.41, 5.74) is 2.49.